The van der Waals surface area contributed by atoms with Crippen LogP contribution >= 0.6 is 23.2 Å². The summed E-state index contributed by atoms with van der Waals surface area (Å²) in [6, 6.07) is 0. The van der Waals surface area contributed by atoms with E-state index in [-0.39, 0.29) is 16.0 Å². The van der Waals surface area contributed by atoms with E-state index >= 15 is 0 Å². The van der Waals surface area contributed by atoms with Gasteiger partial charge in [0.1, 0.15) is 16.3 Å². The molecule has 0 saturated heterocycles. The molecule has 8 heavy (non-hydrogen) atoms. The number of furan rings is 1. The minimum atomic E-state index is -0.336. The van der Waals surface area contributed by atoms with Gasteiger partial charge in [-0.3, -0.25) is 0 Å². The van der Waals surface area contributed by atoms with E-state index < -0.39 is 0 Å². The SMILES string of the molecule is Oc1occ(Cl)c1Cl. The Morgan fingerprint density at radius 2 is 2.12 bits per heavy atom. The molecule has 0 atom stereocenters. The van der Waals surface area contributed by atoms with E-state index in [4.69, 9.17) is 28.3 Å². The fourth-order valence-corrected chi connectivity index (χ4v) is 0.528. The van der Waals surface area contributed by atoms with Gasteiger partial charge in [-0.1, -0.05) is 23.2 Å². The maximum atomic E-state index is 8.56. The molecule has 44 valence electrons. The van der Waals surface area contributed by atoms with Crippen LogP contribution in [-0.4, -0.2) is 5.11 Å². The lowest BCUT2D eigenvalue weighted by Crippen LogP contribution is -1.52. The highest BCUT2D eigenvalue weighted by Crippen LogP contribution is 2.32. The van der Waals surface area contributed by atoms with Crippen LogP contribution in [0, 0.1) is 0 Å². The fourth-order valence-electron chi connectivity index (χ4n) is 0.313. The average Bonchev–Trinajstić information content (AvgIpc) is 1.98. The lowest BCUT2D eigenvalue weighted by atomic mass is 10.6. The number of rotatable bonds is 0. The molecule has 1 aromatic heterocycles. The van der Waals surface area contributed by atoms with Crippen molar-refractivity contribution in [3.8, 4) is 5.95 Å². The van der Waals surface area contributed by atoms with Gasteiger partial charge in [-0.05, 0) is 0 Å². The largest absolute Gasteiger partial charge is 0.480 e. The molecular weight excluding hydrogens is 151 g/mol. The molecule has 0 fully saturated rings. The molecule has 1 heterocycles. The first-order valence-electron chi connectivity index (χ1n) is 1.83. The summed E-state index contributed by atoms with van der Waals surface area (Å²) in [4.78, 5) is 0. The van der Waals surface area contributed by atoms with Gasteiger partial charge in [-0.25, -0.2) is 0 Å². The summed E-state index contributed by atoms with van der Waals surface area (Å²) in [5.74, 6) is -0.336. The van der Waals surface area contributed by atoms with Crippen molar-refractivity contribution in [2.75, 3.05) is 0 Å². The standard InChI is InChI=1S/C4H2Cl2O2/c5-2-1-8-4(7)3(2)6/h1,7H. The normalized spacial score (nSPS) is 9.75. The summed E-state index contributed by atoms with van der Waals surface area (Å²) >= 11 is 10.7. The number of aromatic hydroxyl groups is 1. The van der Waals surface area contributed by atoms with E-state index in [2.05, 4.69) is 4.42 Å². The highest BCUT2D eigenvalue weighted by Gasteiger charge is 2.05. The third-order valence-corrected chi connectivity index (χ3v) is 1.41. The van der Waals surface area contributed by atoms with Gasteiger partial charge in [0.15, 0.2) is 0 Å². The molecule has 1 rings (SSSR count). The van der Waals surface area contributed by atoms with Crippen molar-refractivity contribution >= 4 is 23.2 Å². The molecule has 1 aromatic rings. The number of hydrogen-bond donors (Lipinski definition) is 1. The lowest BCUT2D eigenvalue weighted by molar-refractivity contribution is 0.333. The Kier molecular flexibility index (Phi) is 1.36. The van der Waals surface area contributed by atoms with Crippen molar-refractivity contribution in [3.63, 3.8) is 0 Å². The molecule has 0 spiro atoms. The number of hydrogen-bond acceptors (Lipinski definition) is 2. The maximum absolute atomic E-state index is 8.56. The van der Waals surface area contributed by atoms with Crippen molar-refractivity contribution < 1.29 is 9.52 Å². The smallest absolute Gasteiger partial charge is 0.302 e. The van der Waals surface area contributed by atoms with Crippen molar-refractivity contribution in [1.82, 2.24) is 0 Å². The first-order valence-corrected chi connectivity index (χ1v) is 2.59. The zero-order valence-corrected chi connectivity index (χ0v) is 5.20. The molecule has 0 bridgehead atoms. The van der Waals surface area contributed by atoms with Crippen LogP contribution in [0.4, 0.5) is 0 Å². The summed E-state index contributed by atoms with van der Waals surface area (Å²) in [5, 5.41) is 8.84. The topological polar surface area (TPSA) is 33.4 Å². The predicted octanol–water partition coefficient (Wildman–Crippen LogP) is 2.29. The third-order valence-electron chi connectivity index (χ3n) is 0.671. The van der Waals surface area contributed by atoms with Gasteiger partial charge in [-0.15, -0.1) is 0 Å². The molecule has 0 aliphatic rings. The van der Waals surface area contributed by atoms with Crippen molar-refractivity contribution in [1.29, 1.82) is 0 Å². The summed E-state index contributed by atoms with van der Waals surface area (Å²) in [6.07, 6.45) is 1.17. The lowest BCUT2D eigenvalue weighted by Gasteiger charge is -1.78. The van der Waals surface area contributed by atoms with Gasteiger partial charge >= 0.3 is 5.95 Å². The minimum absolute atomic E-state index is 0.0617. The average molecular weight is 153 g/mol. The molecule has 2 nitrogen and oxygen atoms in total. The van der Waals surface area contributed by atoms with Gasteiger partial charge in [-0.2, -0.15) is 0 Å². The summed E-state index contributed by atoms with van der Waals surface area (Å²) in [6.45, 7) is 0. The van der Waals surface area contributed by atoms with E-state index in [9.17, 15) is 0 Å². The van der Waals surface area contributed by atoms with Gasteiger partial charge in [0.05, 0.1) is 0 Å². The Morgan fingerprint density at radius 1 is 1.50 bits per heavy atom. The Hall–Kier alpha value is -0.340. The minimum Gasteiger partial charge on any atom is -0.480 e. The monoisotopic (exact) mass is 152 g/mol. The zero-order chi connectivity index (χ0) is 6.15. The van der Waals surface area contributed by atoms with E-state index in [1.807, 2.05) is 0 Å². The first-order chi connectivity index (χ1) is 3.72. The van der Waals surface area contributed by atoms with Crippen molar-refractivity contribution in [2.24, 2.45) is 0 Å². The van der Waals surface area contributed by atoms with Crippen LogP contribution in [0.2, 0.25) is 10.0 Å². The zero-order valence-electron chi connectivity index (χ0n) is 3.69. The Bertz CT molecular complexity index is 174. The van der Waals surface area contributed by atoms with E-state index in [1.165, 1.54) is 6.26 Å². The molecule has 0 radical (unpaired) electrons. The van der Waals surface area contributed by atoms with Crippen LogP contribution in [0.5, 0.6) is 5.95 Å². The molecule has 1 N–H and O–H groups in total. The second-order valence-electron chi connectivity index (χ2n) is 1.20. The van der Waals surface area contributed by atoms with Crippen LogP contribution in [0.25, 0.3) is 0 Å². The van der Waals surface area contributed by atoms with Gasteiger partial charge < -0.3 is 9.52 Å². The second-order valence-corrected chi connectivity index (χ2v) is 1.99. The summed E-state index contributed by atoms with van der Waals surface area (Å²) in [7, 11) is 0. The molecule has 0 aromatic carbocycles. The Labute approximate surface area is 55.6 Å². The molecule has 4 heteroatoms. The Balaban J connectivity index is 3.19. The van der Waals surface area contributed by atoms with E-state index in [0.717, 1.165) is 0 Å². The van der Waals surface area contributed by atoms with Crippen molar-refractivity contribution in [2.45, 2.75) is 0 Å². The highest BCUT2D eigenvalue weighted by atomic mass is 35.5. The second kappa shape index (κ2) is 1.88. The highest BCUT2D eigenvalue weighted by molar-refractivity contribution is 6.42. The van der Waals surface area contributed by atoms with Gasteiger partial charge in [0.2, 0.25) is 0 Å². The van der Waals surface area contributed by atoms with Crippen LogP contribution in [0.3, 0.4) is 0 Å². The maximum Gasteiger partial charge on any atom is 0.302 e. The van der Waals surface area contributed by atoms with Crippen LogP contribution in [-0.2, 0) is 0 Å². The number of halogens is 2. The molecule has 0 saturated carbocycles. The molecule has 0 amide bonds. The van der Waals surface area contributed by atoms with Crippen molar-refractivity contribution in [3.05, 3.63) is 16.3 Å². The van der Waals surface area contributed by atoms with Crippen LogP contribution < -0.4 is 0 Å². The Morgan fingerprint density at radius 3 is 2.25 bits per heavy atom. The van der Waals surface area contributed by atoms with Crippen LogP contribution in [0.15, 0.2) is 10.7 Å². The molecule has 0 unspecified atom stereocenters. The summed E-state index contributed by atoms with van der Waals surface area (Å²) in [5.41, 5.74) is 0. The van der Waals surface area contributed by atoms with E-state index in [1.54, 1.807) is 0 Å². The van der Waals surface area contributed by atoms with Gasteiger partial charge in [0, 0.05) is 0 Å². The molecular formula is C4H2Cl2O2. The van der Waals surface area contributed by atoms with Gasteiger partial charge in [0.25, 0.3) is 0 Å². The van der Waals surface area contributed by atoms with E-state index in [0.29, 0.717) is 0 Å². The quantitative estimate of drug-likeness (QED) is 0.620. The predicted molar refractivity (Wildman–Crippen MR) is 30.4 cm³/mol. The molecule has 0 aliphatic carbocycles. The molecule has 0 aliphatic heterocycles. The van der Waals surface area contributed by atoms with Crippen LogP contribution in [0.1, 0.15) is 0 Å². The fraction of sp³-hybridized carbons (Fsp3) is 0. The first kappa shape index (κ1) is 5.79. The third kappa shape index (κ3) is 0.767. The summed E-state index contributed by atoms with van der Waals surface area (Å²) < 4.78 is 4.39.